The largest absolute Gasteiger partial charge is 0.269 e. The first-order valence-electron chi connectivity index (χ1n) is 5.39. The van der Waals surface area contributed by atoms with Gasteiger partial charge in [0, 0.05) is 17.8 Å². The summed E-state index contributed by atoms with van der Waals surface area (Å²) in [5.74, 6) is 2.40. The summed E-state index contributed by atoms with van der Waals surface area (Å²) in [6, 6.07) is 7.77. The maximum absolute atomic E-state index is 5.85. The second-order valence-corrected chi connectivity index (χ2v) is 5.44. The topological polar surface area (TPSA) is 15.6 Å². The Morgan fingerprint density at radius 1 is 1.19 bits per heavy atom. The van der Waals surface area contributed by atoms with Gasteiger partial charge in [-0.05, 0) is 48.6 Å². The van der Waals surface area contributed by atoms with Gasteiger partial charge in [0.25, 0.3) is 0 Å². The normalized spacial score (nSPS) is 16.0. The van der Waals surface area contributed by atoms with Gasteiger partial charge in [-0.2, -0.15) is 16.9 Å². The molecule has 1 aliphatic heterocycles. The van der Waals surface area contributed by atoms with Gasteiger partial charge in [-0.25, -0.2) is 0 Å². The molecule has 0 aromatic heterocycles. The van der Waals surface area contributed by atoms with Crippen molar-refractivity contribution in [3.63, 3.8) is 0 Å². The Labute approximate surface area is 106 Å². The van der Waals surface area contributed by atoms with Crippen molar-refractivity contribution in [2.75, 3.05) is 23.6 Å². The molecule has 2 nitrogen and oxygen atoms in total. The summed E-state index contributed by atoms with van der Waals surface area (Å²) in [5.41, 5.74) is 2.38. The minimum absolute atomic E-state index is 0.763. The summed E-state index contributed by atoms with van der Waals surface area (Å²) in [6.45, 7) is 0. The summed E-state index contributed by atoms with van der Waals surface area (Å²) in [6.07, 6.45) is 2.23. The van der Waals surface area contributed by atoms with Crippen LogP contribution in [-0.4, -0.2) is 24.3 Å². The predicted octanol–water partition coefficient (Wildman–Crippen LogP) is 3.66. The predicted molar refractivity (Wildman–Crippen MR) is 73.8 cm³/mol. The quantitative estimate of drug-likeness (QED) is 0.749. The van der Waals surface area contributed by atoms with Crippen LogP contribution in [0.25, 0.3) is 0 Å². The first-order chi connectivity index (χ1) is 7.75. The summed E-state index contributed by atoms with van der Waals surface area (Å²) in [7, 11) is 1.98. The lowest BCUT2D eigenvalue weighted by Gasteiger charge is -2.18. The highest BCUT2D eigenvalue weighted by Gasteiger charge is 2.08. The highest BCUT2D eigenvalue weighted by atomic mass is 35.5. The highest BCUT2D eigenvalue weighted by molar-refractivity contribution is 7.99. The molecule has 0 bridgehead atoms. The van der Waals surface area contributed by atoms with Gasteiger partial charge in [0.05, 0.1) is 5.69 Å². The van der Waals surface area contributed by atoms with Crippen molar-refractivity contribution >= 4 is 34.8 Å². The molecule has 0 spiro atoms. The van der Waals surface area contributed by atoms with E-state index in [1.54, 1.807) is 0 Å². The van der Waals surface area contributed by atoms with Gasteiger partial charge in [0.1, 0.15) is 0 Å². The Kier molecular flexibility index (Phi) is 4.13. The molecular formula is C12H15ClN2S. The highest BCUT2D eigenvalue weighted by Crippen LogP contribution is 2.19. The first kappa shape index (κ1) is 11.8. The second kappa shape index (κ2) is 5.60. The van der Waals surface area contributed by atoms with Gasteiger partial charge in [-0.15, -0.1) is 0 Å². The molecule has 1 aromatic carbocycles. The Bertz CT molecular complexity index is 367. The van der Waals surface area contributed by atoms with Crippen LogP contribution in [0, 0.1) is 0 Å². The summed E-state index contributed by atoms with van der Waals surface area (Å²) >= 11 is 7.86. The number of rotatable bonds is 2. The zero-order valence-electron chi connectivity index (χ0n) is 9.32. The Hall–Kier alpha value is -0.670. The van der Waals surface area contributed by atoms with Gasteiger partial charge in [-0.1, -0.05) is 11.6 Å². The smallest absolute Gasteiger partial charge is 0.0591 e. The zero-order valence-corrected chi connectivity index (χ0v) is 10.9. The average Bonchev–Trinajstić information content (AvgIpc) is 2.31. The first-order valence-corrected chi connectivity index (χ1v) is 6.92. The second-order valence-electron chi connectivity index (χ2n) is 3.78. The minimum atomic E-state index is 0.763. The fourth-order valence-corrected chi connectivity index (χ4v) is 2.72. The van der Waals surface area contributed by atoms with E-state index in [1.807, 2.05) is 48.1 Å². The molecule has 16 heavy (non-hydrogen) atoms. The molecule has 0 unspecified atom stereocenters. The number of benzene rings is 1. The SMILES string of the molecule is CN(N=C1CCSCC1)c1ccc(Cl)cc1. The molecule has 0 saturated carbocycles. The van der Waals surface area contributed by atoms with Crippen LogP contribution in [0.15, 0.2) is 29.4 Å². The van der Waals surface area contributed by atoms with E-state index in [2.05, 4.69) is 5.10 Å². The Morgan fingerprint density at radius 2 is 1.81 bits per heavy atom. The molecular weight excluding hydrogens is 240 g/mol. The van der Waals surface area contributed by atoms with E-state index in [-0.39, 0.29) is 0 Å². The van der Waals surface area contributed by atoms with Crippen LogP contribution in [-0.2, 0) is 0 Å². The number of thioether (sulfide) groups is 1. The van der Waals surface area contributed by atoms with Gasteiger partial charge in [-0.3, -0.25) is 5.01 Å². The van der Waals surface area contributed by atoms with Crippen LogP contribution >= 0.6 is 23.4 Å². The maximum Gasteiger partial charge on any atom is 0.0591 e. The van der Waals surface area contributed by atoms with E-state index in [1.165, 1.54) is 17.2 Å². The third-order valence-corrected chi connectivity index (χ3v) is 3.80. The van der Waals surface area contributed by atoms with Crippen molar-refractivity contribution in [3.8, 4) is 0 Å². The van der Waals surface area contributed by atoms with Crippen molar-refractivity contribution in [2.24, 2.45) is 5.10 Å². The van der Waals surface area contributed by atoms with E-state index in [0.29, 0.717) is 0 Å². The van der Waals surface area contributed by atoms with Crippen LogP contribution in [0.5, 0.6) is 0 Å². The molecule has 0 amide bonds. The van der Waals surface area contributed by atoms with E-state index >= 15 is 0 Å². The van der Waals surface area contributed by atoms with Crippen molar-refractivity contribution in [1.29, 1.82) is 0 Å². The van der Waals surface area contributed by atoms with E-state index in [4.69, 9.17) is 11.6 Å². The Balaban J connectivity index is 2.06. The molecule has 0 N–H and O–H groups in total. The molecule has 4 heteroatoms. The Morgan fingerprint density at radius 3 is 2.44 bits per heavy atom. The average molecular weight is 255 g/mol. The monoisotopic (exact) mass is 254 g/mol. The van der Waals surface area contributed by atoms with Gasteiger partial charge >= 0.3 is 0 Å². The molecule has 2 rings (SSSR count). The lowest BCUT2D eigenvalue weighted by atomic mass is 10.2. The molecule has 86 valence electrons. The van der Waals surface area contributed by atoms with Crippen LogP contribution < -0.4 is 5.01 Å². The van der Waals surface area contributed by atoms with Gasteiger partial charge in [0.15, 0.2) is 0 Å². The lowest BCUT2D eigenvalue weighted by Crippen LogP contribution is -2.16. The van der Waals surface area contributed by atoms with E-state index in [9.17, 15) is 0 Å². The molecule has 1 aliphatic rings. The molecule has 1 fully saturated rings. The lowest BCUT2D eigenvalue weighted by molar-refractivity contribution is 0.977. The number of anilines is 1. The summed E-state index contributed by atoms with van der Waals surface area (Å²) < 4.78 is 0. The number of hydrazone groups is 1. The molecule has 0 atom stereocenters. The fraction of sp³-hybridized carbons (Fsp3) is 0.417. The van der Waals surface area contributed by atoms with Crippen molar-refractivity contribution < 1.29 is 0 Å². The number of halogens is 1. The molecule has 1 aromatic rings. The number of hydrogen-bond donors (Lipinski definition) is 0. The minimum Gasteiger partial charge on any atom is -0.269 e. The summed E-state index contributed by atoms with van der Waals surface area (Å²) in [4.78, 5) is 0. The van der Waals surface area contributed by atoms with Gasteiger partial charge in [0.2, 0.25) is 0 Å². The van der Waals surface area contributed by atoms with Crippen molar-refractivity contribution in [2.45, 2.75) is 12.8 Å². The molecule has 1 saturated heterocycles. The molecule has 0 radical (unpaired) electrons. The van der Waals surface area contributed by atoms with Crippen LogP contribution in [0.1, 0.15) is 12.8 Å². The zero-order chi connectivity index (χ0) is 11.4. The van der Waals surface area contributed by atoms with Crippen LogP contribution in [0.2, 0.25) is 5.02 Å². The third-order valence-electron chi connectivity index (χ3n) is 2.56. The fourth-order valence-electron chi connectivity index (χ4n) is 1.63. The van der Waals surface area contributed by atoms with E-state index < -0.39 is 0 Å². The van der Waals surface area contributed by atoms with Crippen molar-refractivity contribution in [3.05, 3.63) is 29.3 Å². The third kappa shape index (κ3) is 3.16. The number of hydrogen-bond acceptors (Lipinski definition) is 3. The summed E-state index contributed by atoms with van der Waals surface area (Å²) in [5, 5.41) is 7.32. The van der Waals surface area contributed by atoms with Gasteiger partial charge < -0.3 is 0 Å². The maximum atomic E-state index is 5.85. The van der Waals surface area contributed by atoms with Crippen molar-refractivity contribution in [1.82, 2.24) is 0 Å². The van der Waals surface area contributed by atoms with E-state index in [0.717, 1.165) is 23.6 Å². The van der Waals surface area contributed by atoms with Crippen LogP contribution in [0.4, 0.5) is 5.69 Å². The molecule has 1 heterocycles. The van der Waals surface area contributed by atoms with Crippen LogP contribution in [0.3, 0.4) is 0 Å². The standard InChI is InChI=1S/C12H15ClN2S/c1-15(12-4-2-10(13)3-5-12)14-11-6-8-16-9-7-11/h2-5H,6-9H2,1H3. The number of nitrogens with zero attached hydrogens (tertiary/aromatic N) is 2. The molecule has 0 aliphatic carbocycles.